The summed E-state index contributed by atoms with van der Waals surface area (Å²) in [5.41, 5.74) is 0.979. The molecule has 0 bridgehead atoms. The lowest BCUT2D eigenvalue weighted by Crippen LogP contribution is -2.30. The van der Waals surface area contributed by atoms with Crippen molar-refractivity contribution in [3.63, 3.8) is 0 Å². The minimum Gasteiger partial charge on any atom is -0.355 e. The van der Waals surface area contributed by atoms with Crippen molar-refractivity contribution in [3.05, 3.63) is 30.3 Å². The number of aromatic amines is 1. The number of nitrogens with zero attached hydrogens (tertiary/aromatic N) is 2. The van der Waals surface area contributed by atoms with Crippen LogP contribution in [0.3, 0.4) is 0 Å². The second kappa shape index (κ2) is 6.38. The van der Waals surface area contributed by atoms with E-state index in [0.717, 1.165) is 5.56 Å². The van der Waals surface area contributed by atoms with Gasteiger partial charge in [-0.2, -0.15) is 0 Å². The predicted octanol–water partition coefficient (Wildman–Crippen LogP) is 2.09. The smallest absolute Gasteiger partial charge is 0.233 e. The van der Waals surface area contributed by atoms with Gasteiger partial charge >= 0.3 is 0 Å². The Bertz CT molecular complexity index is 541. The van der Waals surface area contributed by atoms with E-state index < -0.39 is 0 Å². The summed E-state index contributed by atoms with van der Waals surface area (Å²) in [5, 5.41) is 10.2. The van der Waals surface area contributed by atoms with Gasteiger partial charge in [-0.15, -0.1) is 5.10 Å². The van der Waals surface area contributed by atoms with Crippen LogP contribution in [0.2, 0.25) is 0 Å². The highest BCUT2D eigenvalue weighted by atomic mass is 32.2. The zero-order valence-electron chi connectivity index (χ0n) is 10.9. The molecule has 0 unspecified atom stereocenters. The van der Waals surface area contributed by atoms with Crippen LogP contribution in [0.4, 0.5) is 0 Å². The third-order valence-corrected chi connectivity index (χ3v) is 3.48. The van der Waals surface area contributed by atoms with E-state index in [0.29, 0.717) is 17.5 Å². The first-order chi connectivity index (χ1) is 9.20. The second-order valence-electron chi connectivity index (χ2n) is 3.99. The van der Waals surface area contributed by atoms with E-state index in [1.54, 1.807) is 0 Å². The average molecular weight is 276 g/mol. The molecule has 1 aromatic carbocycles. The minimum absolute atomic E-state index is 0.00133. The largest absolute Gasteiger partial charge is 0.355 e. The summed E-state index contributed by atoms with van der Waals surface area (Å²) in [6.45, 7) is 4.37. The van der Waals surface area contributed by atoms with Crippen molar-refractivity contribution in [2.75, 3.05) is 6.54 Å². The topological polar surface area (TPSA) is 70.7 Å². The van der Waals surface area contributed by atoms with Crippen molar-refractivity contribution < 1.29 is 4.79 Å². The molecule has 5 nitrogen and oxygen atoms in total. The summed E-state index contributed by atoms with van der Waals surface area (Å²) >= 11 is 1.34. The monoisotopic (exact) mass is 276 g/mol. The Kier molecular flexibility index (Phi) is 4.57. The molecule has 0 saturated carbocycles. The number of nitrogens with one attached hydrogen (secondary N) is 2. The summed E-state index contributed by atoms with van der Waals surface area (Å²) in [5.74, 6) is 0.713. The van der Waals surface area contributed by atoms with Gasteiger partial charge in [0.25, 0.3) is 0 Å². The van der Waals surface area contributed by atoms with E-state index in [9.17, 15) is 4.79 Å². The normalized spacial score (nSPS) is 12.1. The number of hydrogen-bond donors (Lipinski definition) is 2. The second-order valence-corrected chi connectivity index (χ2v) is 5.30. The Labute approximate surface area is 116 Å². The quantitative estimate of drug-likeness (QED) is 0.820. The van der Waals surface area contributed by atoms with Crippen molar-refractivity contribution in [2.24, 2.45) is 0 Å². The first-order valence-corrected chi connectivity index (χ1v) is 7.01. The van der Waals surface area contributed by atoms with Crippen LogP contribution in [0.15, 0.2) is 35.5 Å². The molecule has 2 aromatic rings. The van der Waals surface area contributed by atoms with Crippen molar-refractivity contribution in [3.8, 4) is 11.4 Å². The maximum atomic E-state index is 11.6. The third-order valence-electron chi connectivity index (χ3n) is 2.51. The van der Waals surface area contributed by atoms with E-state index >= 15 is 0 Å². The van der Waals surface area contributed by atoms with E-state index in [1.165, 1.54) is 11.8 Å². The maximum absolute atomic E-state index is 11.6. The van der Waals surface area contributed by atoms with E-state index in [1.807, 2.05) is 44.2 Å². The number of thioether (sulfide) groups is 1. The molecule has 0 spiro atoms. The maximum Gasteiger partial charge on any atom is 0.233 e. The van der Waals surface area contributed by atoms with Gasteiger partial charge in [-0.3, -0.25) is 9.89 Å². The number of rotatable bonds is 5. The number of benzene rings is 1. The van der Waals surface area contributed by atoms with Gasteiger partial charge in [0.2, 0.25) is 11.1 Å². The van der Waals surface area contributed by atoms with Crippen LogP contribution in [0, 0.1) is 0 Å². The zero-order chi connectivity index (χ0) is 13.7. The van der Waals surface area contributed by atoms with Crippen molar-refractivity contribution in [1.82, 2.24) is 20.5 Å². The Morgan fingerprint density at radius 1 is 1.42 bits per heavy atom. The van der Waals surface area contributed by atoms with Gasteiger partial charge in [0.15, 0.2) is 5.82 Å². The lowest BCUT2D eigenvalue weighted by Gasteiger charge is -2.07. The molecular formula is C13H16N4OS. The number of amides is 1. The summed E-state index contributed by atoms with van der Waals surface area (Å²) in [4.78, 5) is 16.0. The Hall–Kier alpha value is -1.82. The average Bonchev–Trinajstić information content (AvgIpc) is 2.88. The van der Waals surface area contributed by atoms with E-state index in [4.69, 9.17) is 0 Å². The number of aromatic nitrogens is 3. The van der Waals surface area contributed by atoms with Crippen molar-refractivity contribution >= 4 is 17.7 Å². The molecule has 1 amide bonds. The molecule has 6 heteroatoms. The molecule has 0 radical (unpaired) electrons. The Morgan fingerprint density at radius 3 is 2.84 bits per heavy atom. The molecule has 1 atom stereocenters. The lowest BCUT2D eigenvalue weighted by atomic mass is 10.2. The van der Waals surface area contributed by atoms with Gasteiger partial charge in [0.1, 0.15) is 0 Å². The van der Waals surface area contributed by atoms with Gasteiger partial charge in [0.05, 0.1) is 5.25 Å². The molecule has 100 valence electrons. The van der Waals surface area contributed by atoms with Crippen LogP contribution >= 0.6 is 11.8 Å². The van der Waals surface area contributed by atoms with Crippen LogP contribution in [0.1, 0.15) is 13.8 Å². The predicted molar refractivity (Wildman–Crippen MR) is 75.8 cm³/mol. The third kappa shape index (κ3) is 3.57. The molecule has 1 heterocycles. The fourth-order valence-corrected chi connectivity index (χ4v) is 2.30. The summed E-state index contributed by atoms with van der Waals surface area (Å²) < 4.78 is 0. The molecule has 0 aliphatic rings. The summed E-state index contributed by atoms with van der Waals surface area (Å²) in [7, 11) is 0. The highest BCUT2D eigenvalue weighted by Gasteiger charge is 2.16. The molecule has 0 fully saturated rings. The van der Waals surface area contributed by atoms with Gasteiger partial charge in [-0.25, -0.2) is 4.98 Å². The molecule has 0 aliphatic carbocycles. The lowest BCUT2D eigenvalue weighted by molar-refractivity contribution is -0.120. The van der Waals surface area contributed by atoms with Crippen LogP contribution in [-0.4, -0.2) is 32.9 Å². The van der Waals surface area contributed by atoms with Gasteiger partial charge in [0, 0.05) is 12.1 Å². The van der Waals surface area contributed by atoms with Crippen molar-refractivity contribution in [2.45, 2.75) is 24.3 Å². The van der Waals surface area contributed by atoms with Crippen LogP contribution in [0.25, 0.3) is 11.4 Å². The van der Waals surface area contributed by atoms with Gasteiger partial charge in [-0.1, -0.05) is 42.1 Å². The van der Waals surface area contributed by atoms with Crippen LogP contribution in [-0.2, 0) is 4.79 Å². The van der Waals surface area contributed by atoms with E-state index in [2.05, 4.69) is 20.5 Å². The molecule has 1 aromatic heterocycles. The first-order valence-electron chi connectivity index (χ1n) is 6.13. The number of H-pyrrole nitrogens is 1. The number of carbonyl (C=O) groups is 1. The molecule has 2 N–H and O–H groups in total. The molecule has 0 aliphatic heterocycles. The number of hydrogen-bond acceptors (Lipinski definition) is 4. The van der Waals surface area contributed by atoms with Crippen molar-refractivity contribution in [1.29, 1.82) is 0 Å². The number of carbonyl (C=O) groups excluding carboxylic acids is 1. The molecular weight excluding hydrogens is 260 g/mol. The highest BCUT2D eigenvalue weighted by Crippen LogP contribution is 2.22. The van der Waals surface area contributed by atoms with Crippen LogP contribution in [0.5, 0.6) is 0 Å². The molecule has 0 saturated heterocycles. The summed E-state index contributed by atoms with van der Waals surface area (Å²) in [6, 6.07) is 9.76. The van der Waals surface area contributed by atoms with Gasteiger partial charge in [-0.05, 0) is 13.8 Å². The summed E-state index contributed by atoms with van der Waals surface area (Å²) in [6.07, 6.45) is 0. The fourth-order valence-electron chi connectivity index (χ4n) is 1.55. The zero-order valence-corrected chi connectivity index (χ0v) is 11.7. The highest BCUT2D eigenvalue weighted by molar-refractivity contribution is 8.00. The molecule has 2 rings (SSSR count). The Balaban J connectivity index is 2.04. The standard InChI is InChI=1S/C13H16N4OS/c1-3-14-12(18)9(2)19-13-15-11(16-17-13)10-7-5-4-6-8-10/h4-9H,3H2,1-2H3,(H,14,18)(H,15,16,17)/t9-/m0/s1. The minimum atomic E-state index is -0.209. The fraction of sp³-hybridized carbons (Fsp3) is 0.308. The Morgan fingerprint density at radius 2 is 2.16 bits per heavy atom. The van der Waals surface area contributed by atoms with E-state index in [-0.39, 0.29) is 11.2 Å². The first kappa shape index (κ1) is 13.6. The van der Waals surface area contributed by atoms with Crippen LogP contribution < -0.4 is 5.32 Å². The van der Waals surface area contributed by atoms with Gasteiger partial charge < -0.3 is 5.32 Å². The molecule has 19 heavy (non-hydrogen) atoms. The SMILES string of the molecule is CCNC(=O)[C@H](C)Sc1n[nH]c(-c2ccccc2)n1.